The number of nitrogens with zero attached hydrogens (tertiary/aromatic N) is 2. The standard InChI is InChI=1S/C78H118N2O3S4/c1-13-19-25-31-33-37-43-57(41-35-27-21-15-3)55-79-71(64-50-48-62(84-64)66-53-59(45-39-29-23-17-5)73(86-66)61-47-52-68(83-61)77(7,8)9)69-70(76(79)82)72(80(75(69)81)56-58(42-36-28-22-16-4)44-38-34-32-26-20-14-2)65-51-49-63(85-65)67-54-60(46-40-30-24-18-6)74(87-67)78(10,11)12/h47-54,57-58H,13-46,55-56H2,1-12H3. The summed E-state index contributed by atoms with van der Waals surface area (Å²) in [5.41, 5.74) is 5.86. The zero-order valence-electron chi connectivity index (χ0n) is 57.0. The number of furan rings is 1. The zero-order valence-corrected chi connectivity index (χ0v) is 60.2. The molecule has 0 aliphatic carbocycles. The smallest absolute Gasteiger partial charge is 0.261 e. The van der Waals surface area contributed by atoms with Gasteiger partial charge in [-0.15, -0.1) is 45.3 Å². The lowest BCUT2D eigenvalue weighted by Crippen LogP contribution is -2.34. The van der Waals surface area contributed by atoms with Gasteiger partial charge in [-0.25, -0.2) is 0 Å². The molecule has 2 aliphatic rings. The van der Waals surface area contributed by atoms with Crippen LogP contribution < -0.4 is 0 Å². The topological polar surface area (TPSA) is 53.8 Å². The minimum absolute atomic E-state index is 0.0356. The van der Waals surface area contributed by atoms with Crippen LogP contribution in [0.15, 0.2) is 64.1 Å². The number of fused-ring (bicyclic) bond motifs is 1. The van der Waals surface area contributed by atoms with Crippen molar-refractivity contribution in [3.05, 3.63) is 91.2 Å². The van der Waals surface area contributed by atoms with Crippen LogP contribution in [0, 0.1) is 11.8 Å². The third kappa shape index (κ3) is 20.0. The molecule has 0 bridgehead atoms. The van der Waals surface area contributed by atoms with Gasteiger partial charge in [-0.2, -0.15) is 0 Å². The number of amides is 2. The Hall–Kier alpha value is -3.50. The van der Waals surface area contributed by atoms with Gasteiger partial charge in [0.05, 0.1) is 37.2 Å². The number of hydrogen-bond acceptors (Lipinski definition) is 7. The highest BCUT2D eigenvalue weighted by molar-refractivity contribution is 7.24. The molecule has 2 aliphatic heterocycles. The van der Waals surface area contributed by atoms with Crippen molar-refractivity contribution in [2.75, 3.05) is 13.1 Å². The van der Waals surface area contributed by atoms with E-state index in [0.29, 0.717) is 36.1 Å². The van der Waals surface area contributed by atoms with E-state index in [2.05, 4.69) is 141 Å². The van der Waals surface area contributed by atoms with Crippen LogP contribution in [0.5, 0.6) is 0 Å². The van der Waals surface area contributed by atoms with Gasteiger partial charge in [0.25, 0.3) is 11.8 Å². The summed E-state index contributed by atoms with van der Waals surface area (Å²) in [7, 11) is 0. The Morgan fingerprint density at radius 2 is 0.759 bits per heavy atom. The quantitative estimate of drug-likeness (QED) is 0.0366. The molecule has 0 radical (unpaired) electrons. The molecule has 2 amide bonds. The van der Waals surface area contributed by atoms with E-state index in [9.17, 15) is 0 Å². The highest BCUT2D eigenvalue weighted by Gasteiger charge is 2.50. The summed E-state index contributed by atoms with van der Waals surface area (Å²) in [6, 6.07) is 18.4. The van der Waals surface area contributed by atoms with Crippen molar-refractivity contribution in [2.45, 2.75) is 312 Å². The largest absolute Gasteiger partial charge is 0.460 e. The number of hydrogen-bond donors (Lipinski definition) is 0. The maximum Gasteiger partial charge on any atom is 0.261 e. The predicted molar refractivity (Wildman–Crippen MR) is 384 cm³/mol. The SMILES string of the molecule is CCCCCCCCC(CCCCCC)CN1C(=O)C2=C(c3ccc(-c4cc(CCCCCC)c(C(C)(C)C)s4)s3)N(CC(CCCCCC)CCCCCCCC)C(=O)C2=C1c1ccc(-c2cc(CCCCCC)c(-c3ccc(C(C)(C)C)o3)s2)s1. The maximum absolute atomic E-state index is 16.4. The molecule has 7 heterocycles. The Morgan fingerprint density at radius 1 is 0.391 bits per heavy atom. The second-order valence-electron chi connectivity index (χ2n) is 28.4. The Bertz CT molecular complexity index is 2920. The molecule has 0 spiro atoms. The molecular weight excluding hydrogens is 1140 g/mol. The van der Waals surface area contributed by atoms with Gasteiger partial charge in [0, 0.05) is 42.9 Å². The van der Waals surface area contributed by atoms with Crippen LogP contribution in [0.4, 0.5) is 0 Å². The molecule has 9 heteroatoms. The summed E-state index contributed by atoms with van der Waals surface area (Å²) in [6.45, 7) is 28.9. The monoisotopic (exact) mass is 1260 g/mol. The molecule has 87 heavy (non-hydrogen) atoms. The first-order chi connectivity index (χ1) is 42.1. The Morgan fingerprint density at radius 3 is 1.17 bits per heavy atom. The first-order valence-electron chi connectivity index (χ1n) is 35.8. The highest BCUT2D eigenvalue weighted by atomic mass is 32.1. The van der Waals surface area contributed by atoms with E-state index in [0.717, 1.165) is 77.6 Å². The molecule has 5 aromatic rings. The van der Waals surface area contributed by atoms with E-state index in [1.165, 1.54) is 214 Å². The molecule has 7 rings (SSSR count). The average Bonchev–Trinajstić information content (AvgIpc) is 1.59. The van der Waals surface area contributed by atoms with E-state index in [1.807, 2.05) is 34.0 Å². The van der Waals surface area contributed by atoms with Crippen molar-refractivity contribution in [3.8, 4) is 30.1 Å². The molecule has 0 N–H and O–H groups in total. The predicted octanol–water partition coefficient (Wildman–Crippen LogP) is 25.8. The number of carbonyl (C=O) groups excluding carboxylic acids is 2. The van der Waals surface area contributed by atoms with Gasteiger partial charge in [-0.05, 0) is 128 Å². The van der Waals surface area contributed by atoms with Crippen molar-refractivity contribution in [1.29, 1.82) is 0 Å². The summed E-state index contributed by atoms with van der Waals surface area (Å²) >= 11 is 7.39. The number of thiophene rings is 4. The minimum atomic E-state index is -0.0852. The summed E-state index contributed by atoms with van der Waals surface area (Å²) in [5, 5.41) is 0. The van der Waals surface area contributed by atoms with Crippen LogP contribution in [0.25, 0.3) is 41.5 Å². The molecule has 0 aromatic carbocycles. The van der Waals surface area contributed by atoms with Gasteiger partial charge in [-0.1, -0.05) is 250 Å². The molecule has 2 unspecified atom stereocenters. The van der Waals surface area contributed by atoms with E-state index in [-0.39, 0.29) is 22.6 Å². The maximum atomic E-state index is 16.4. The molecular formula is C78H118N2O3S4. The third-order valence-electron chi connectivity index (χ3n) is 18.6. The van der Waals surface area contributed by atoms with Crippen molar-refractivity contribution in [2.24, 2.45) is 11.8 Å². The van der Waals surface area contributed by atoms with Crippen LogP contribution >= 0.6 is 45.3 Å². The first kappa shape index (κ1) is 70.9. The van der Waals surface area contributed by atoms with Crippen molar-refractivity contribution >= 4 is 68.6 Å². The normalized spacial score (nSPS) is 14.8. The molecule has 2 atom stereocenters. The first-order valence-corrected chi connectivity index (χ1v) is 39.0. The molecule has 0 fully saturated rings. The number of aryl methyl sites for hydroxylation is 2. The lowest BCUT2D eigenvalue weighted by molar-refractivity contribution is -0.124. The summed E-state index contributed by atoms with van der Waals surface area (Å²) < 4.78 is 6.70. The molecule has 0 saturated heterocycles. The third-order valence-corrected chi connectivity index (χ3v) is 23.9. The highest BCUT2D eigenvalue weighted by Crippen LogP contribution is 2.53. The Kier molecular flexibility index (Phi) is 29.3. The lowest BCUT2D eigenvalue weighted by atomic mass is 9.90. The van der Waals surface area contributed by atoms with E-state index in [1.54, 1.807) is 11.3 Å². The van der Waals surface area contributed by atoms with Crippen LogP contribution in [-0.2, 0) is 33.3 Å². The van der Waals surface area contributed by atoms with Crippen LogP contribution in [0.1, 0.15) is 320 Å². The van der Waals surface area contributed by atoms with Crippen molar-refractivity contribution in [3.63, 3.8) is 0 Å². The summed E-state index contributed by atoms with van der Waals surface area (Å²) in [5.74, 6) is 2.75. The van der Waals surface area contributed by atoms with Crippen LogP contribution in [0.3, 0.4) is 0 Å². The molecule has 482 valence electrons. The zero-order chi connectivity index (χ0) is 62.3. The van der Waals surface area contributed by atoms with Gasteiger partial charge in [0.1, 0.15) is 11.5 Å². The van der Waals surface area contributed by atoms with Crippen molar-refractivity contribution in [1.82, 2.24) is 9.80 Å². The van der Waals surface area contributed by atoms with Gasteiger partial charge < -0.3 is 14.2 Å². The van der Waals surface area contributed by atoms with Gasteiger partial charge in [0.15, 0.2) is 0 Å². The van der Waals surface area contributed by atoms with E-state index < -0.39 is 0 Å². The molecule has 5 aromatic heterocycles. The van der Waals surface area contributed by atoms with Crippen LogP contribution in [0.2, 0.25) is 0 Å². The number of carbonyl (C=O) groups is 2. The lowest BCUT2D eigenvalue weighted by Gasteiger charge is -2.29. The number of rotatable bonds is 43. The van der Waals surface area contributed by atoms with E-state index >= 15 is 9.59 Å². The fraction of sp³-hybridized carbons (Fsp3) is 0.667. The second kappa shape index (κ2) is 35.9. The van der Waals surface area contributed by atoms with Crippen LogP contribution in [-0.4, -0.2) is 34.7 Å². The van der Waals surface area contributed by atoms with Gasteiger partial charge >= 0.3 is 0 Å². The second-order valence-corrected chi connectivity index (χ2v) is 32.6. The van der Waals surface area contributed by atoms with E-state index in [4.69, 9.17) is 4.42 Å². The summed E-state index contributed by atoms with van der Waals surface area (Å²) in [6.07, 6.45) is 41.2. The van der Waals surface area contributed by atoms with Gasteiger partial charge in [-0.3, -0.25) is 9.59 Å². The molecule has 0 saturated carbocycles. The average molecular weight is 1260 g/mol. The van der Waals surface area contributed by atoms with Crippen molar-refractivity contribution < 1.29 is 14.0 Å². The minimum Gasteiger partial charge on any atom is -0.460 e. The Balaban J connectivity index is 1.38. The molecule has 5 nitrogen and oxygen atoms in total. The van der Waals surface area contributed by atoms with Gasteiger partial charge in [0.2, 0.25) is 0 Å². The fourth-order valence-electron chi connectivity index (χ4n) is 13.4. The fourth-order valence-corrected chi connectivity index (χ4v) is 18.2. The number of unbranched alkanes of at least 4 members (excludes halogenated alkanes) is 22. The summed E-state index contributed by atoms with van der Waals surface area (Å²) in [4.78, 5) is 46.8. The Labute approximate surface area is 547 Å².